The molecule has 5 atom stereocenters. The van der Waals surface area contributed by atoms with E-state index < -0.39 is 64.6 Å². The third-order valence-electron chi connectivity index (χ3n) is 10.8. The first kappa shape index (κ1) is 39.9. The van der Waals surface area contributed by atoms with Crippen LogP contribution in [0.5, 0.6) is 0 Å². The highest BCUT2D eigenvalue weighted by atomic mass is 35.5. The van der Waals surface area contributed by atoms with Gasteiger partial charge in [0.15, 0.2) is 5.60 Å². The van der Waals surface area contributed by atoms with Crippen molar-refractivity contribution in [3.8, 4) is 0 Å². The van der Waals surface area contributed by atoms with E-state index in [0.29, 0.717) is 23.6 Å². The van der Waals surface area contributed by atoms with Crippen LogP contribution in [0.2, 0.25) is 5.02 Å². The molecule has 3 heterocycles. The van der Waals surface area contributed by atoms with Gasteiger partial charge in [-0.2, -0.15) is 0 Å². The van der Waals surface area contributed by atoms with Gasteiger partial charge in [-0.05, 0) is 55.7 Å². The van der Waals surface area contributed by atoms with Crippen LogP contribution in [0.4, 0.5) is 0 Å². The molecule has 0 unspecified atom stereocenters. The topological polar surface area (TPSA) is 167 Å². The van der Waals surface area contributed by atoms with Gasteiger partial charge in [-0.15, -0.1) is 0 Å². The third-order valence-corrected chi connectivity index (χ3v) is 11.0. The molecule has 0 radical (unpaired) electrons. The summed E-state index contributed by atoms with van der Waals surface area (Å²) in [6.07, 6.45) is 3.18. The van der Waals surface area contributed by atoms with Crippen molar-refractivity contribution in [1.29, 1.82) is 0 Å². The first-order chi connectivity index (χ1) is 26.1. The van der Waals surface area contributed by atoms with Crippen LogP contribution in [0.3, 0.4) is 0 Å². The monoisotopic (exact) mass is 774 g/mol. The van der Waals surface area contributed by atoms with Crippen LogP contribution < -0.4 is 16.0 Å². The lowest BCUT2D eigenvalue weighted by Gasteiger charge is -2.37. The van der Waals surface area contributed by atoms with E-state index in [9.17, 15) is 28.8 Å². The first-order valence-electron chi connectivity index (χ1n) is 19.2. The average molecular weight is 775 g/mol. The molecule has 3 fully saturated rings. The van der Waals surface area contributed by atoms with Gasteiger partial charge in [0.2, 0.25) is 29.4 Å². The number of carbonyl (C=O) groups is 6. The number of nitrogens with one attached hydrogen (secondary N) is 3. The van der Waals surface area contributed by atoms with Gasteiger partial charge in [-0.1, -0.05) is 92.8 Å². The molecule has 5 amide bonds. The van der Waals surface area contributed by atoms with E-state index in [1.165, 1.54) is 4.90 Å². The summed E-state index contributed by atoms with van der Waals surface area (Å²) in [4.78, 5) is 91.4. The second-order valence-electron chi connectivity index (χ2n) is 16.5. The SMILES string of the molecule is CCC[C@H](NC(=O)[C@@H]1C[C@]2(CC(c3cccc(Cl)c3)=NO2)CN1C(=O)[C@@H](NC(=O)[C@@H]1CCC(=O)N1Cc1cccc(C)c1)C(C)(C)C)C(=O)C(=O)NC1CC1. The molecular formula is C41H51ClN6O7. The van der Waals surface area contributed by atoms with Gasteiger partial charge < -0.3 is 30.6 Å². The summed E-state index contributed by atoms with van der Waals surface area (Å²) in [5.74, 6) is -3.21. The number of hydrogen-bond donors (Lipinski definition) is 3. The molecule has 3 N–H and O–H groups in total. The van der Waals surface area contributed by atoms with Gasteiger partial charge in [-0.25, -0.2) is 0 Å². The summed E-state index contributed by atoms with van der Waals surface area (Å²) in [5.41, 5.74) is 1.37. The second kappa shape index (κ2) is 16.1. The molecule has 1 aliphatic carbocycles. The molecule has 294 valence electrons. The van der Waals surface area contributed by atoms with Gasteiger partial charge in [-0.3, -0.25) is 28.8 Å². The van der Waals surface area contributed by atoms with Crippen LogP contribution in [0.15, 0.2) is 53.7 Å². The zero-order valence-electron chi connectivity index (χ0n) is 32.2. The summed E-state index contributed by atoms with van der Waals surface area (Å²) < 4.78 is 0. The average Bonchev–Trinajstić information content (AvgIpc) is 3.55. The van der Waals surface area contributed by atoms with Crippen LogP contribution in [0.25, 0.3) is 0 Å². The number of carbonyl (C=O) groups excluding carboxylic acids is 6. The van der Waals surface area contributed by atoms with E-state index >= 15 is 0 Å². The Labute approximate surface area is 326 Å². The van der Waals surface area contributed by atoms with Crippen LogP contribution in [0.1, 0.15) is 95.8 Å². The molecule has 13 nitrogen and oxygen atoms in total. The predicted molar refractivity (Wildman–Crippen MR) is 206 cm³/mol. The molecule has 2 aromatic rings. The predicted octanol–water partition coefficient (Wildman–Crippen LogP) is 3.97. The number of aryl methyl sites for hydroxylation is 1. The minimum atomic E-state index is -1.12. The molecule has 55 heavy (non-hydrogen) atoms. The number of amides is 5. The molecular weight excluding hydrogens is 724 g/mol. The molecule has 0 aromatic heterocycles. The van der Waals surface area contributed by atoms with Crippen molar-refractivity contribution in [2.24, 2.45) is 10.6 Å². The fraction of sp³-hybridized carbons (Fsp3) is 0.537. The molecule has 4 aliphatic rings. The summed E-state index contributed by atoms with van der Waals surface area (Å²) in [6.45, 7) is 9.50. The van der Waals surface area contributed by atoms with Gasteiger partial charge in [0.25, 0.3) is 5.91 Å². The van der Waals surface area contributed by atoms with Crippen LogP contribution in [-0.2, 0) is 40.1 Å². The Morgan fingerprint density at radius 3 is 2.40 bits per heavy atom. The van der Waals surface area contributed by atoms with E-state index in [1.54, 1.807) is 23.1 Å². The molecule has 2 aromatic carbocycles. The Kier molecular flexibility index (Phi) is 11.7. The van der Waals surface area contributed by atoms with Crippen molar-refractivity contribution in [1.82, 2.24) is 25.8 Å². The Balaban J connectivity index is 1.25. The van der Waals surface area contributed by atoms with Crippen LogP contribution >= 0.6 is 11.6 Å². The van der Waals surface area contributed by atoms with E-state index in [1.807, 2.05) is 65.0 Å². The zero-order valence-corrected chi connectivity index (χ0v) is 32.9. The minimum absolute atomic E-state index is 0.0319. The van der Waals surface area contributed by atoms with Crippen LogP contribution in [-0.4, -0.2) is 93.2 Å². The van der Waals surface area contributed by atoms with Gasteiger partial charge in [0, 0.05) is 42.4 Å². The summed E-state index contributed by atoms with van der Waals surface area (Å²) >= 11 is 6.27. The standard InChI is InChI=1S/C41H51ClN6O7/c1-6-9-29(34(50)38(53)43-28-14-15-28)44-37(52)32-21-41(20-30(46-55-41)26-12-8-13-27(42)19-26)23-48(32)39(54)35(40(3,4)5)45-36(51)31-16-17-33(49)47(31)22-25-11-7-10-24(2)18-25/h7-8,10-13,18-19,28-29,31-32,35H,6,9,14-17,20-23H2,1-5H3,(H,43,53)(H,44,52)(H,45,51)/t29-,31-,32-,35+,41+/m0/s1. The number of nitrogens with zero attached hydrogens (tertiary/aromatic N) is 3. The Bertz CT molecular complexity index is 1890. The number of oxime groups is 1. The van der Waals surface area contributed by atoms with E-state index in [-0.39, 0.29) is 50.7 Å². The van der Waals surface area contributed by atoms with Crippen LogP contribution in [0, 0.1) is 12.3 Å². The highest BCUT2D eigenvalue weighted by Gasteiger charge is 2.56. The Hall–Kier alpha value is -4.78. The Morgan fingerprint density at radius 1 is 1.00 bits per heavy atom. The van der Waals surface area contributed by atoms with Crippen molar-refractivity contribution in [3.63, 3.8) is 0 Å². The number of rotatable bonds is 13. The number of halogens is 1. The molecule has 2 saturated heterocycles. The highest BCUT2D eigenvalue weighted by Crippen LogP contribution is 2.40. The van der Waals surface area contributed by atoms with Crippen molar-refractivity contribution in [3.05, 3.63) is 70.2 Å². The molecule has 6 rings (SSSR count). The maximum absolute atomic E-state index is 14.9. The van der Waals surface area contributed by atoms with E-state index in [2.05, 4.69) is 21.1 Å². The lowest BCUT2D eigenvalue weighted by Crippen LogP contribution is -2.60. The summed E-state index contributed by atoms with van der Waals surface area (Å²) in [6, 6.07) is 10.8. The lowest BCUT2D eigenvalue weighted by atomic mass is 9.85. The molecule has 0 bridgehead atoms. The number of hydrogen-bond acceptors (Lipinski definition) is 8. The van der Waals surface area contributed by atoms with Gasteiger partial charge in [0.05, 0.1) is 18.3 Å². The molecule has 1 saturated carbocycles. The fourth-order valence-corrected chi connectivity index (χ4v) is 7.87. The Morgan fingerprint density at radius 2 is 1.73 bits per heavy atom. The molecule has 3 aliphatic heterocycles. The number of Topliss-reactive ketones (excluding diaryl/α,β-unsaturated/α-hetero) is 1. The van der Waals surface area contributed by atoms with Crippen molar-refractivity contribution in [2.75, 3.05) is 6.54 Å². The second-order valence-corrected chi connectivity index (χ2v) is 17.0. The normalized spacial score (nSPS) is 23.2. The number of benzene rings is 2. The maximum Gasteiger partial charge on any atom is 0.289 e. The van der Waals surface area contributed by atoms with Crippen molar-refractivity contribution >= 4 is 52.6 Å². The van der Waals surface area contributed by atoms with E-state index in [0.717, 1.165) is 29.5 Å². The maximum atomic E-state index is 14.9. The molecule has 14 heteroatoms. The third kappa shape index (κ3) is 9.20. The van der Waals surface area contributed by atoms with Gasteiger partial charge in [0.1, 0.15) is 18.1 Å². The quantitative estimate of drug-likeness (QED) is 0.259. The first-order valence-corrected chi connectivity index (χ1v) is 19.6. The molecule has 1 spiro atoms. The largest absolute Gasteiger partial charge is 0.387 e. The van der Waals surface area contributed by atoms with E-state index in [4.69, 9.17) is 16.4 Å². The smallest absolute Gasteiger partial charge is 0.289 e. The fourth-order valence-electron chi connectivity index (χ4n) is 7.68. The number of ketones is 1. The van der Waals surface area contributed by atoms with Crippen molar-refractivity contribution in [2.45, 2.75) is 128 Å². The lowest BCUT2D eigenvalue weighted by molar-refractivity contribution is -0.146. The highest BCUT2D eigenvalue weighted by molar-refractivity contribution is 6.38. The van der Waals surface area contributed by atoms with Gasteiger partial charge >= 0.3 is 0 Å². The number of likely N-dealkylation sites (tertiary alicyclic amines) is 2. The minimum Gasteiger partial charge on any atom is -0.387 e. The van der Waals surface area contributed by atoms with Crippen molar-refractivity contribution < 1.29 is 33.6 Å². The zero-order chi connectivity index (χ0) is 39.7. The summed E-state index contributed by atoms with van der Waals surface area (Å²) in [5, 5.41) is 13.4. The summed E-state index contributed by atoms with van der Waals surface area (Å²) in [7, 11) is 0.